The maximum absolute atomic E-state index is 9.08. The number of anilines is 1. The molecule has 0 saturated heterocycles. The lowest BCUT2D eigenvalue weighted by atomic mass is 10.1. The molecule has 3 N–H and O–H groups in total. The van der Waals surface area contributed by atoms with Crippen LogP contribution in [0.3, 0.4) is 0 Å². The SMILES string of the molecule is Nc1ccc(CO)c2scc(S)c12. The molecule has 0 saturated carbocycles. The molecule has 0 aliphatic carbocycles. The molecule has 1 aromatic carbocycles. The minimum atomic E-state index is 0.0461. The number of hydrogen-bond donors (Lipinski definition) is 3. The number of rotatable bonds is 1. The van der Waals surface area contributed by atoms with Crippen LogP contribution in [0.1, 0.15) is 5.56 Å². The number of hydrogen-bond acceptors (Lipinski definition) is 4. The van der Waals surface area contributed by atoms with Crippen LogP contribution in [0, 0.1) is 0 Å². The number of fused-ring (bicyclic) bond motifs is 1. The van der Waals surface area contributed by atoms with Gasteiger partial charge in [0.1, 0.15) is 0 Å². The van der Waals surface area contributed by atoms with Crippen LogP contribution in [0.2, 0.25) is 0 Å². The molecule has 0 atom stereocenters. The van der Waals surface area contributed by atoms with Crippen LogP contribution in [0.25, 0.3) is 10.1 Å². The van der Waals surface area contributed by atoms with Gasteiger partial charge in [0.25, 0.3) is 0 Å². The van der Waals surface area contributed by atoms with Crippen LogP contribution < -0.4 is 5.73 Å². The van der Waals surface area contributed by atoms with Gasteiger partial charge in [0.05, 0.1) is 6.61 Å². The first-order valence-corrected chi connectivity index (χ1v) is 5.15. The minimum absolute atomic E-state index is 0.0461. The summed E-state index contributed by atoms with van der Waals surface area (Å²) < 4.78 is 1.03. The van der Waals surface area contributed by atoms with E-state index in [-0.39, 0.29) is 6.61 Å². The Balaban J connectivity index is 2.87. The van der Waals surface area contributed by atoms with Crippen molar-refractivity contribution in [2.45, 2.75) is 11.5 Å². The van der Waals surface area contributed by atoms with Crippen molar-refractivity contribution in [3.8, 4) is 0 Å². The lowest BCUT2D eigenvalue weighted by Crippen LogP contribution is -1.89. The molecule has 0 fully saturated rings. The average Bonchev–Trinajstić information content (AvgIpc) is 2.50. The number of nitrogen functional groups attached to an aromatic ring is 1. The molecule has 0 bridgehead atoms. The maximum atomic E-state index is 9.08. The topological polar surface area (TPSA) is 46.2 Å². The summed E-state index contributed by atoms with van der Waals surface area (Å²) in [4.78, 5) is 0.882. The normalized spacial score (nSPS) is 10.9. The Morgan fingerprint density at radius 1 is 1.46 bits per heavy atom. The second-order valence-electron chi connectivity index (χ2n) is 2.80. The number of benzene rings is 1. The van der Waals surface area contributed by atoms with Gasteiger partial charge in [-0.3, -0.25) is 0 Å². The molecule has 0 spiro atoms. The van der Waals surface area contributed by atoms with Gasteiger partial charge in [0, 0.05) is 26.0 Å². The number of aliphatic hydroxyl groups excluding tert-OH is 1. The standard InChI is InChI=1S/C9H9NOS2/c10-6-2-1-5(3-11)9-8(6)7(12)4-13-9/h1-2,4,11-12H,3,10H2. The molecule has 4 heteroatoms. The van der Waals surface area contributed by atoms with Crippen LogP contribution >= 0.6 is 24.0 Å². The Bertz CT molecular complexity index is 450. The lowest BCUT2D eigenvalue weighted by Gasteiger charge is -2.01. The van der Waals surface area contributed by atoms with E-state index < -0.39 is 0 Å². The van der Waals surface area contributed by atoms with E-state index in [0.717, 1.165) is 26.2 Å². The fourth-order valence-corrected chi connectivity index (χ4v) is 2.79. The fraction of sp³-hybridized carbons (Fsp3) is 0.111. The summed E-state index contributed by atoms with van der Waals surface area (Å²) in [5.41, 5.74) is 7.43. The highest BCUT2D eigenvalue weighted by molar-refractivity contribution is 7.80. The molecule has 1 heterocycles. The van der Waals surface area contributed by atoms with Crippen molar-refractivity contribution < 1.29 is 5.11 Å². The monoisotopic (exact) mass is 211 g/mol. The Hall–Kier alpha value is -0.710. The largest absolute Gasteiger partial charge is 0.398 e. The number of aliphatic hydroxyl groups is 1. The number of thiophene rings is 1. The second-order valence-corrected chi connectivity index (χ2v) is 4.16. The molecular weight excluding hydrogens is 202 g/mol. The van der Waals surface area contributed by atoms with Crippen molar-refractivity contribution in [1.29, 1.82) is 0 Å². The van der Waals surface area contributed by atoms with E-state index in [9.17, 15) is 0 Å². The van der Waals surface area contributed by atoms with E-state index in [4.69, 9.17) is 10.8 Å². The van der Waals surface area contributed by atoms with E-state index in [2.05, 4.69) is 12.6 Å². The maximum Gasteiger partial charge on any atom is 0.0695 e. The highest BCUT2D eigenvalue weighted by Gasteiger charge is 2.07. The van der Waals surface area contributed by atoms with Crippen molar-refractivity contribution in [3.05, 3.63) is 23.1 Å². The zero-order valence-electron chi connectivity index (χ0n) is 6.82. The van der Waals surface area contributed by atoms with Gasteiger partial charge < -0.3 is 10.8 Å². The van der Waals surface area contributed by atoms with Crippen LogP contribution in [0.15, 0.2) is 22.4 Å². The molecule has 68 valence electrons. The summed E-state index contributed by atoms with van der Waals surface area (Å²) in [7, 11) is 0. The molecule has 0 unspecified atom stereocenters. The van der Waals surface area contributed by atoms with Crippen molar-refractivity contribution in [2.24, 2.45) is 0 Å². The Morgan fingerprint density at radius 2 is 2.23 bits per heavy atom. The van der Waals surface area contributed by atoms with Gasteiger partial charge in [-0.05, 0) is 11.6 Å². The first kappa shape index (κ1) is 8.87. The summed E-state index contributed by atoms with van der Waals surface area (Å²) in [5, 5.41) is 12.0. The van der Waals surface area contributed by atoms with Crippen LogP contribution in [0.4, 0.5) is 5.69 Å². The van der Waals surface area contributed by atoms with E-state index >= 15 is 0 Å². The molecule has 2 rings (SSSR count). The van der Waals surface area contributed by atoms with Gasteiger partial charge in [-0.1, -0.05) is 6.07 Å². The molecule has 0 amide bonds. The van der Waals surface area contributed by atoms with E-state index in [1.807, 2.05) is 11.4 Å². The lowest BCUT2D eigenvalue weighted by molar-refractivity contribution is 0.283. The van der Waals surface area contributed by atoms with E-state index in [1.165, 1.54) is 0 Å². The average molecular weight is 211 g/mol. The van der Waals surface area contributed by atoms with Crippen molar-refractivity contribution in [1.82, 2.24) is 0 Å². The Labute approximate surface area is 85.4 Å². The molecule has 0 aliphatic heterocycles. The first-order chi connectivity index (χ1) is 6.24. The van der Waals surface area contributed by atoms with Crippen LogP contribution in [0.5, 0.6) is 0 Å². The van der Waals surface area contributed by atoms with E-state index in [1.54, 1.807) is 17.4 Å². The van der Waals surface area contributed by atoms with Crippen molar-refractivity contribution >= 4 is 39.7 Å². The molecule has 0 aliphatic rings. The molecule has 2 aromatic rings. The summed E-state index contributed by atoms with van der Waals surface area (Å²) >= 11 is 5.87. The predicted molar refractivity (Wildman–Crippen MR) is 59.4 cm³/mol. The quantitative estimate of drug-likeness (QED) is 0.500. The summed E-state index contributed by atoms with van der Waals surface area (Å²) in [6.45, 7) is 0.0461. The summed E-state index contributed by atoms with van der Waals surface area (Å²) in [6.07, 6.45) is 0. The van der Waals surface area contributed by atoms with E-state index in [0.29, 0.717) is 0 Å². The van der Waals surface area contributed by atoms with Gasteiger partial charge >= 0.3 is 0 Å². The Kier molecular flexibility index (Phi) is 2.19. The first-order valence-electron chi connectivity index (χ1n) is 3.82. The third-order valence-electron chi connectivity index (χ3n) is 1.99. The van der Waals surface area contributed by atoms with Gasteiger partial charge in [-0.2, -0.15) is 0 Å². The van der Waals surface area contributed by atoms with Gasteiger partial charge in [0.2, 0.25) is 0 Å². The minimum Gasteiger partial charge on any atom is -0.398 e. The van der Waals surface area contributed by atoms with Gasteiger partial charge in [-0.15, -0.1) is 24.0 Å². The van der Waals surface area contributed by atoms with Crippen molar-refractivity contribution in [3.63, 3.8) is 0 Å². The van der Waals surface area contributed by atoms with Gasteiger partial charge in [-0.25, -0.2) is 0 Å². The third kappa shape index (κ3) is 1.31. The highest BCUT2D eigenvalue weighted by atomic mass is 32.1. The predicted octanol–water partition coefficient (Wildman–Crippen LogP) is 2.26. The highest BCUT2D eigenvalue weighted by Crippen LogP contribution is 2.35. The summed E-state index contributed by atoms with van der Waals surface area (Å²) in [5.74, 6) is 0. The summed E-state index contributed by atoms with van der Waals surface area (Å²) in [6, 6.07) is 3.65. The molecule has 0 radical (unpaired) electrons. The zero-order chi connectivity index (χ0) is 9.42. The zero-order valence-corrected chi connectivity index (χ0v) is 8.53. The van der Waals surface area contributed by atoms with Crippen molar-refractivity contribution in [2.75, 3.05) is 5.73 Å². The second kappa shape index (κ2) is 3.21. The number of nitrogens with two attached hydrogens (primary N) is 1. The number of thiol groups is 1. The van der Waals surface area contributed by atoms with Crippen LogP contribution in [-0.2, 0) is 6.61 Å². The van der Waals surface area contributed by atoms with Crippen LogP contribution in [-0.4, -0.2) is 5.11 Å². The smallest absolute Gasteiger partial charge is 0.0695 e. The molecule has 13 heavy (non-hydrogen) atoms. The van der Waals surface area contributed by atoms with Gasteiger partial charge in [0.15, 0.2) is 0 Å². The molecular formula is C9H9NOS2. The molecule has 2 nitrogen and oxygen atoms in total. The third-order valence-corrected chi connectivity index (χ3v) is 3.57. The molecule has 1 aromatic heterocycles. The Morgan fingerprint density at radius 3 is 2.92 bits per heavy atom. The fourth-order valence-electron chi connectivity index (χ4n) is 1.34.